The standard InChI is InChI=1S/C13H18N2O2/c1-13(2,3)12(17)15-10-6-4-5-9(7-10)11(16)8-14/h4-7H,8,14H2,1-3H3,(H,15,17). The van der Waals surface area contributed by atoms with E-state index in [-0.39, 0.29) is 18.2 Å². The summed E-state index contributed by atoms with van der Waals surface area (Å²) in [5, 5.41) is 2.77. The average molecular weight is 234 g/mol. The molecular formula is C13H18N2O2. The molecule has 4 heteroatoms. The zero-order chi connectivity index (χ0) is 13.1. The number of nitrogens with one attached hydrogen (secondary N) is 1. The first-order chi connectivity index (χ1) is 7.84. The molecule has 0 aliphatic carbocycles. The normalized spacial score (nSPS) is 11.1. The first-order valence-corrected chi connectivity index (χ1v) is 5.49. The smallest absolute Gasteiger partial charge is 0.229 e. The monoisotopic (exact) mass is 234 g/mol. The third-order valence-electron chi connectivity index (χ3n) is 2.31. The molecule has 1 aromatic carbocycles. The second-order valence-electron chi connectivity index (χ2n) is 4.91. The summed E-state index contributed by atoms with van der Waals surface area (Å²) in [5.74, 6) is -0.230. The van der Waals surface area contributed by atoms with Gasteiger partial charge in [-0.15, -0.1) is 0 Å². The number of Topliss-reactive ketones (excluding diaryl/α,β-unsaturated/α-hetero) is 1. The highest BCUT2D eigenvalue weighted by molar-refractivity contribution is 6.00. The summed E-state index contributed by atoms with van der Waals surface area (Å²) in [6.07, 6.45) is 0. The molecular weight excluding hydrogens is 216 g/mol. The van der Waals surface area contributed by atoms with Crippen molar-refractivity contribution in [2.75, 3.05) is 11.9 Å². The maximum absolute atomic E-state index is 11.8. The number of carbonyl (C=O) groups excluding carboxylic acids is 2. The van der Waals surface area contributed by atoms with Gasteiger partial charge in [0.15, 0.2) is 5.78 Å². The summed E-state index contributed by atoms with van der Waals surface area (Å²) >= 11 is 0. The molecule has 0 saturated carbocycles. The summed E-state index contributed by atoms with van der Waals surface area (Å²) in [4.78, 5) is 23.2. The highest BCUT2D eigenvalue weighted by Gasteiger charge is 2.21. The Balaban J connectivity index is 2.87. The van der Waals surface area contributed by atoms with Crippen molar-refractivity contribution in [1.29, 1.82) is 0 Å². The van der Waals surface area contributed by atoms with E-state index in [0.29, 0.717) is 11.3 Å². The number of hydrogen-bond donors (Lipinski definition) is 2. The summed E-state index contributed by atoms with van der Waals surface area (Å²) in [5.41, 5.74) is 5.95. The molecule has 3 N–H and O–H groups in total. The molecule has 0 unspecified atom stereocenters. The predicted molar refractivity (Wildman–Crippen MR) is 67.9 cm³/mol. The van der Waals surface area contributed by atoms with Crippen LogP contribution in [0.2, 0.25) is 0 Å². The van der Waals surface area contributed by atoms with E-state index in [1.807, 2.05) is 20.8 Å². The van der Waals surface area contributed by atoms with Gasteiger partial charge in [-0.1, -0.05) is 32.9 Å². The van der Waals surface area contributed by atoms with Crippen LogP contribution in [0.4, 0.5) is 5.69 Å². The third-order valence-corrected chi connectivity index (χ3v) is 2.31. The summed E-state index contributed by atoms with van der Waals surface area (Å²) < 4.78 is 0. The zero-order valence-electron chi connectivity index (χ0n) is 10.4. The van der Waals surface area contributed by atoms with Gasteiger partial charge in [0, 0.05) is 16.7 Å². The van der Waals surface area contributed by atoms with Crippen LogP contribution in [0.5, 0.6) is 0 Å². The van der Waals surface area contributed by atoms with E-state index >= 15 is 0 Å². The van der Waals surface area contributed by atoms with Crippen LogP contribution in [-0.2, 0) is 4.79 Å². The van der Waals surface area contributed by atoms with Crippen molar-refractivity contribution in [3.63, 3.8) is 0 Å². The van der Waals surface area contributed by atoms with Gasteiger partial charge >= 0.3 is 0 Å². The van der Waals surface area contributed by atoms with E-state index in [0.717, 1.165) is 0 Å². The van der Waals surface area contributed by atoms with E-state index in [9.17, 15) is 9.59 Å². The fourth-order valence-corrected chi connectivity index (χ4v) is 1.21. The van der Waals surface area contributed by atoms with E-state index in [1.165, 1.54) is 0 Å². The van der Waals surface area contributed by atoms with Crippen molar-refractivity contribution in [3.05, 3.63) is 29.8 Å². The highest BCUT2D eigenvalue weighted by atomic mass is 16.2. The zero-order valence-corrected chi connectivity index (χ0v) is 10.4. The van der Waals surface area contributed by atoms with Gasteiger partial charge in [-0.2, -0.15) is 0 Å². The van der Waals surface area contributed by atoms with Crippen LogP contribution < -0.4 is 11.1 Å². The lowest BCUT2D eigenvalue weighted by Crippen LogP contribution is -2.27. The molecule has 0 bridgehead atoms. The number of amides is 1. The number of rotatable bonds is 3. The summed E-state index contributed by atoms with van der Waals surface area (Å²) in [6, 6.07) is 6.79. The number of benzene rings is 1. The van der Waals surface area contributed by atoms with Gasteiger partial charge in [-0.25, -0.2) is 0 Å². The Bertz CT molecular complexity index is 433. The lowest BCUT2D eigenvalue weighted by molar-refractivity contribution is -0.123. The van der Waals surface area contributed by atoms with Gasteiger partial charge in [0.2, 0.25) is 5.91 Å². The van der Waals surface area contributed by atoms with Gasteiger partial charge in [0.1, 0.15) is 0 Å². The Labute approximate surface area is 101 Å². The van der Waals surface area contributed by atoms with E-state index < -0.39 is 5.41 Å². The Morgan fingerprint density at radius 2 is 1.94 bits per heavy atom. The lowest BCUT2D eigenvalue weighted by atomic mass is 9.95. The van der Waals surface area contributed by atoms with E-state index in [1.54, 1.807) is 24.3 Å². The quantitative estimate of drug-likeness (QED) is 0.783. The Morgan fingerprint density at radius 1 is 1.29 bits per heavy atom. The van der Waals surface area contributed by atoms with Gasteiger partial charge in [-0.05, 0) is 12.1 Å². The van der Waals surface area contributed by atoms with Crippen molar-refractivity contribution in [3.8, 4) is 0 Å². The molecule has 0 aliphatic rings. The molecule has 0 saturated heterocycles. The topological polar surface area (TPSA) is 72.2 Å². The minimum Gasteiger partial charge on any atom is -0.326 e. The van der Waals surface area contributed by atoms with Crippen LogP contribution >= 0.6 is 0 Å². The molecule has 92 valence electrons. The number of carbonyl (C=O) groups is 2. The fraction of sp³-hybridized carbons (Fsp3) is 0.385. The summed E-state index contributed by atoms with van der Waals surface area (Å²) in [6.45, 7) is 5.46. The SMILES string of the molecule is CC(C)(C)C(=O)Nc1cccc(C(=O)CN)c1. The highest BCUT2D eigenvalue weighted by Crippen LogP contribution is 2.18. The Morgan fingerprint density at radius 3 is 2.47 bits per heavy atom. The average Bonchev–Trinajstić information content (AvgIpc) is 2.27. The second-order valence-corrected chi connectivity index (χ2v) is 4.91. The molecule has 0 fully saturated rings. The molecule has 0 atom stereocenters. The molecule has 1 amide bonds. The third kappa shape index (κ3) is 3.67. The minimum atomic E-state index is -0.464. The van der Waals surface area contributed by atoms with Gasteiger partial charge in [0.25, 0.3) is 0 Å². The first-order valence-electron chi connectivity index (χ1n) is 5.49. The van der Waals surface area contributed by atoms with Gasteiger partial charge in [0.05, 0.1) is 6.54 Å². The van der Waals surface area contributed by atoms with Gasteiger partial charge in [-0.3, -0.25) is 9.59 Å². The van der Waals surface area contributed by atoms with Crippen molar-refractivity contribution in [2.45, 2.75) is 20.8 Å². The number of nitrogens with two attached hydrogens (primary N) is 1. The molecule has 4 nitrogen and oxygen atoms in total. The molecule has 1 aromatic rings. The van der Waals surface area contributed by atoms with E-state index in [2.05, 4.69) is 5.32 Å². The molecule has 0 heterocycles. The largest absolute Gasteiger partial charge is 0.326 e. The predicted octanol–water partition coefficient (Wildman–Crippen LogP) is 1.81. The first kappa shape index (κ1) is 13.4. The second kappa shape index (κ2) is 5.10. The molecule has 0 radical (unpaired) electrons. The summed E-state index contributed by atoms with van der Waals surface area (Å²) in [7, 11) is 0. The van der Waals surface area contributed by atoms with Crippen LogP contribution in [0, 0.1) is 5.41 Å². The molecule has 0 spiro atoms. The van der Waals surface area contributed by atoms with Crippen LogP contribution in [0.15, 0.2) is 24.3 Å². The number of anilines is 1. The maximum atomic E-state index is 11.8. The molecule has 1 rings (SSSR count). The number of ketones is 1. The molecule has 0 aliphatic heterocycles. The van der Waals surface area contributed by atoms with Crippen LogP contribution in [0.25, 0.3) is 0 Å². The minimum absolute atomic E-state index is 0.0311. The van der Waals surface area contributed by atoms with Crippen molar-refractivity contribution in [1.82, 2.24) is 0 Å². The van der Waals surface area contributed by atoms with Crippen molar-refractivity contribution >= 4 is 17.4 Å². The Hall–Kier alpha value is -1.68. The van der Waals surface area contributed by atoms with Crippen LogP contribution in [0.3, 0.4) is 0 Å². The van der Waals surface area contributed by atoms with Crippen molar-refractivity contribution < 1.29 is 9.59 Å². The van der Waals surface area contributed by atoms with Crippen LogP contribution in [0.1, 0.15) is 31.1 Å². The molecule has 17 heavy (non-hydrogen) atoms. The van der Waals surface area contributed by atoms with Crippen molar-refractivity contribution in [2.24, 2.45) is 11.1 Å². The fourth-order valence-electron chi connectivity index (χ4n) is 1.21. The maximum Gasteiger partial charge on any atom is 0.229 e. The lowest BCUT2D eigenvalue weighted by Gasteiger charge is -2.17. The van der Waals surface area contributed by atoms with Crippen LogP contribution in [-0.4, -0.2) is 18.2 Å². The van der Waals surface area contributed by atoms with Gasteiger partial charge < -0.3 is 11.1 Å². The number of hydrogen-bond acceptors (Lipinski definition) is 3. The van der Waals surface area contributed by atoms with E-state index in [4.69, 9.17) is 5.73 Å². The Kier molecular flexibility index (Phi) is 4.02. The molecule has 0 aromatic heterocycles.